The highest BCUT2D eigenvalue weighted by molar-refractivity contribution is 7.91. The lowest BCUT2D eigenvalue weighted by molar-refractivity contribution is 0.0980. The molecule has 404 valence electrons. The van der Waals surface area contributed by atoms with E-state index in [0.29, 0.717) is 39.6 Å². The molecule has 0 radical (unpaired) electrons. The Bertz CT molecular complexity index is 3970. The van der Waals surface area contributed by atoms with Crippen LogP contribution in [0.4, 0.5) is 57.3 Å². The number of fused-ring (bicyclic) bond motifs is 6. The maximum Gasteiger partial charge on any atom is 0.222 e. The van der Waals surface area contributed by atoms with E-state index in [1.807, 2.05) is 65.0 Å². The number of aryl methyl sites for hydroxylation is 1. The van der Waals surface area contributed by atoms with Gasteiger partial charge in [-0.1, -0.05) is 84.4 Å². The lowest BCUT2D eigenvalue weighted by atomic mass is 9.82. The second-order valence-corrected chi connectivity index (χ2v) is 21.2. The molecule has 0 fully saturated rings. The fraction of sp³-hybridized carbons (Fsp3) is 0.0952. The van der Waals surface area contributed by atoms with Crippen LogP contribution in [0.3, 0.4) is 0 Å². The van der Waals surface area contributed by atoms with Crippen molar-refractivity contribution in [2.75, 3.05) is 51.6 Å². The summed E-state index contributed by atoms with van der Waals surface area (Å²) in [5, 5.41) is 4.72. The highest BCUT2D eigenvalue weighted by atomic mass is 32.2. The van der Waals surface area contributed by atoms with Crippen molar-refractivity contribution in [1.29, 1.82) is 0 Å². The highest BCUT2D eigenvalue weighted by Crippen LogP contribution is 2.38. The minimum Gasteiger partial charge on any atom is -0.399 e. The fourth-order valence-corrected chi connectivity index (χ4v) is 10.5. The van der Waals surface area contributed by atoms with E-state index in [4.69, 9.17) is 51.6 Å². The number of aliphatic imine (C=N–C) groups is 1. The summed E-state index contributed by atoms with van der Waals surface area (Å²) in [4.78, 5) is 37.0. The lowest BCUT2D eigenvalue weighted by Crippen LogP contribution is -2.23. The number of nitrogen functional groups attached to an aromatic ring is 9. The molecular formula is C63H62N12O4S. The van der Waals surface area contributed by atoms with Crippen molar-refractivity contribution in [2.45, 2.75) is 50.8 Å². The van der Waals surface area contributed by atoms with Crippen LogP contribution in [0, 0.1) is 34.6 Å². The molecular weight excluding hydrogens is 1020 g/mol. The van der Waals surface area contributed by atoms with E-state index >= 15 is 0 Å². The molecule has 0 saturated heterocycles. The van der Waals surface area contributed by atoms with Crippen molar-refractivity contribution in [2.24, 2.45) is 4.99 Å². The van der Waals surface area contributed by atoms with Crippen molar-refractivity contribution >= 4 is 106 Å². The Morgan fingerprint density at radius 2 is 0.925 bits per heavy atom. The van der Waals surface area contributed by atoms with Gasteiger partial charge in [0.15, 0.2) is 17.4 Å². The number of hydrogen-bond acceptors (Lipinski definition) is 16. The van der Waals surface area contributed by atoms with Crippen LogP contribution in [-0.2, 0) is 16.3 Å². The minimum absolute atomic E-state index is 0.215. The number of ketones is 2. The Morgan fingerprint density at radius 3 is 1.46 bits per heavy atom. The summed E-state index contributed by atoms with van der Waals surface area (Å²) in [5.41, 5.74) is 66.7. The third-order valence-corrected chi connectivity index (χ3v) is 15.8. The van der Waals surface area contributed by atoms with E-state index in [0.717, 1.165) is 61.6 Å². The summed E-state index contributed by atoms with van der Waals surface area (Å²) in [6.07, 6.45) is 2.45. The molecule has 0 amide bonds. The molecule has 80 heavy (non-hydrogen) atoms. The molecule has 1 aliphatic heterocycles. The van der Waals surface area contributed by atoms with Gasteiger partial charge in [0.1, 0.15) is 5.69 Å². The van der Waals surface area contributed by atoms with Gasteiger partial charge in [0.2, 0.25) is 15.8 Å². The molecule has 12 rings (SSSR count). The first kappa shape index (κ1) is 56.0. The average molecular weight is 1080 g/mol. The van der Waals surface area contributed by atoms with Gasteiger partial charge >= 0.3 is 0 Å². The summed E-state index contributed by atoms with van der Waals surface area (Å²) in [7, 11) is -3.43. The molecule has 1 aromatic heterocycles. The maximum atomic E-state index is 12.3. The molecule has 0 spiro atoms. The standard InChI is InChI=1S/C20H16N2.C14H10N2O2.C13H13NO2S.C10H16N2.C6H7N5/c21-15-6-8-17-14(10-15)11-19(13-4-2-1-3-5-13)20-12-16(22)7-9-18(17)20;15-9-5-6-10(16)12-11(9)13(17)7-3-1-2-4-8(7)14(12)18;1-10-2-6-12(7-3-10)17(15,16)13-8-4-11(14)5-9-13;1-5-6(2)10(12)8(4)7(3)9(5)11;7-5-4-3(1-2-9-4)10-6(8)11-5/h1-12H,21-22H2;1-6H,15-16H2;2-9H,14H2,1H3;11-12H2,1-4H3;2H,1H2,(H4,7,8,10,11). The molecule has 1 aliphatic carbocycles. The van der Waals surface area contributed by atoms with Gasteiger partial charge in [-0.3, -0.25) is 14.6 Å². The number of aromatic nitrogens is 2. The molecule has 10 aromatic rings. The molecule has 0 atom stereocenters. The number of anilines is 9. The molecule has 0 saturated carbocycles. The molecule has 2 heterocycles. The van der Waals surface area contributed by atoms with Gasteiger partial charge in [-0.05, 0) is 168 Å². The van der Waals surface area contributed by atoms with E-state index < -0.39 is 9.84 Å². The van der Waals surface area contributed by atoms with Gasteiger partial charge in [-0.15, -0.1) is 0 Å². The van der Waals surface area contributed by atoms with Gasteiger partial charge in [0, 0.05) is 63.6 Å². The molecule has 16 nitrogen and oxygen atoms in total. The molecule has 0 bridgehead atoms. The summed E-state index contributed by atoms with van der Waals surface area (Å²) >= 11 is 0. The summed E-state index contributed by atoms with van der Waals surface area (Å²) < 4.78 is 24.4. The predicted octanol–water partition coefficient (Wildman–Crippen LogP) is 10.8. The second-order valence-electron chi connectivity index (χ2n) is 19.3. The zero-order valence-corrected chi connectivity index (χ0v) is 45.7. The SMILES string of the molecule is Cc1c(C)c(N)c(C)c(C)c1N.Cc1ccc(S(=O)(=O)c2ccc(N)cc2)cc1.Nc1ccc(N)c2c1C(=O)c1ccccc1C2=O.Nc1ccc2c(c1)cc(-c1ccccc1)c1cc(N)ccc12.Nc1nc(N)c2c(n1)CC=N2. The van der Waals surface area contributed by atoms with Crippen LogP contribution in [0.25, 0.3) is 32.7 Å². The Labute approximate surface area is 464 Å². The first-order chi connectivity index (χ1) is 38.1. The van der Waals surface area contributed by atoms with Gasteiger partial charge < -0.3 is 51.6 Å². The van der Waals surface area contributed by atoms with Crippen LogP contribution >= 0.6 is 0 Å². The first-order valence-corrected chi connectivity index (χ1v) is 26.7. The lowest BCUT2D eigenvalue weighted by Gasteiger charge is -2.20. The van der Waals surface area contributed by atoms with Crippen molar-refractivity contribution in [3.8, 4) is 11.1 Å². The number of sulfone groups is 1. The molecule has 0 unspecified atom stereocenters. The first-order valence-electron chi connectivity index (χ1n) is 25.2. The quantitative estimate of drug-likeness (QED) is 0.0586. The summed E-state index contributed by atoms with van der Waals surface area (Å²) in [6, 6.07) is 47.5. The van der Waals surface area contributed by atoms with Gasteiger partial charge in [0.05, 0.1) is 26.6 Å². The van der Waals surface area contributed by atoms with Crippen LogP contribution in [-0.4, -0.2) is 36.2 Å². The summed E-state index contributed by atoms with van der Waals surface area (Å²) in [5.74, 6) is 0.0861. The van der Waals surface area contributed by atoms with Crippen molar-refractivity contribution in [1.82, 2.24) is 9.97 Å². The number of nitrogens with two attached hydrogens (primary N) is 9. The minimum atomic E-state index is -3.43. The smallest absolute Gasteiger partial charge is 0.222 e. The second kappa shape index (κ2) is 23.1. The number of carbonyl (C=O) groups is 2. The average Bonchev–Trinajstić information content (AvgIpc) is 3.94. The predicted molar refractivity (Wildman–Crippen MR) is 329 cm³/mol. The number of carbonyl (C=O) groups excluding carboxylic acids is 2. The topological polar surface area (TPSA) is 341 Å². The van der Waals surface area contributed by atoms with Crippen molar-refractivity contribution in [3.63, 3.8) is 0 Å². The van der Waals surface area contributed by atoms with E-state index in [1.165, 1.54) is 39.4 Å². The third-order valence-electron chi connectivity index (χ3n) is 14.0. The molecule has 17 heteroatoms. The van der Waals surface area contributed by atoms with Crippen LogP contribution in [0.15, 0.2) is 173 Å². The zero-order valence-electron chi connectivity index (χ0n) is 44.9. The fourth-order valence-electron chi connectivity index (χ4n) is 9.25. The van der Waals surface area contributed by atoms with Crippen molar-refractivity contribution < 1.29 is 18.0 Å². The third kappa shape index (κ3) is 11.5. The largest absolute Gasteiger partial charge is 0.399 e. The number of hydrogen-bond donors (Lipinski definition) is 9. The Hall–Kier alpha value is -10.3. The van der Waals surface area contributed by atoms with E-state index in [1.54, 1.807) is 79.0 Å². The highest BCUT2D eigenvalue weighted by Gasteiger charge is 2.32. The van der Waals surface area contributed by atoms with E-state index in [9.17, 15) is 18.0 Å². The number of rotatable bonds is 3. The van der Waals surface area contributed by atoms with Crippen LogP contribution in [0.1, 0.15) is 65.4 Å². The summed E-state index contributed by atoms with van der Waals surface area (Å²) in [6.45, 7) is 9.95. The number of benzene rings is 9. The van der Waals surface area contributed by atoms with Gasteiger partial charge in [0.25, 0.3) is 0 Å². The van der Waals surface area contributed by atoms with E-state index in [-0.39, 0.29) is 44.9 Å². The zero-order chi connectivity index (χ0) is 57.7. The van der Waals surface area contributed by atoms with Crippen molar-refractivity contribution in [3.05, 3.63) is 213 Å². The van der Waals surface area contributed by atoms with Crippen LogP contribution in [0.5, 0.6) is 0 Å². The van der Waals surface area contributed by atoms with Crippen LogP contribution in [0.2, 0.25) is 0 Å². The Kier molecular flexibility index (Phi) is 16.2. The number of nitrogens with zero attached hydrogens (tertiary/aromatic N) is 3. The maximum absolute atomic E-state index is 12.3. The molecule has 9 aromatic carbocycles. The van der Waals surface area contributed by atoms with Crippen LogP contribution < -0.4 is 51.6 Å². The molecule has 2 aliphatic rings. The molecule has 18 N–H and O–H groups in total. The van der Waals surface area contributed by atoms with Gasteiger partial charge in [-0.25, -0.2) is 13.4 Å². The monoisotopic (exact) mass is 1080 g/mol. The Balaban J connectivity index is 0.000000134. The normalized spacial score (nSPS) is 11.8. The van der Waals surface area contributed by atoms with Gasteiger partial charge in [-0.2, -0.15) is 4.98 Å². The van der Waals surface area contributed by atoms with E-state index in [2.05, 4.69) is 57.4 Å². The Morgan fingerprint density at radius 1 is 0.450 bits per heavy atom.